The second kappa shape index (κ2) is 7.20. The van der Waals surface area contributed by atoms with Crippen molar-refractivity contribution in [2.24, 2.45) is 5.92 Å². The standard InChI is InChI=1S/C15H24N2O2S/c1-11(2)10-12-15(18)17(7-5-8-19-3)14(16-12)13-6-4-9-20-13/h4,6,9,11-12,14,16H,5,7-8,10H2,1-3H3. The van der Waals surface area contributed by atoms with E-state index in [0.29, 0.717) is 12.5 Å². The van der Waals surface area contributed by atoms with Gasteiger partial charge in [0.05, 0.1) is 6.04 Å². The summed E-state index contributed by atoms with van der Waals surface area (Å²) in [5, 5.41) is 5.56. The van der Waals surface area contributed by atoms with E-state index in [9.17, 15) is 4.79 Å². The third-order valence-corrected chi connectivity index (χ3v) is 4.44. The van der Waals surface area contributed by atoms with Gasteiger partial charge in [0.25, 0.3) is 0 Å². The van der Waals surface area contributed by atoms with E-state index < -0.39 is 0 Å². The molecule has 2 atom stereocenters. The van der Waals surface area contributed by atoms with Gasteiger partial charge in [0, 0.05) is 25.1 Å². The molecular formula is C15H24N2O2S. The summed E-state index contributed by atoms with van der Waals surface area (Å²) in [6.07, 6.45) is 1.80. The van der Waals surface area contributed by atoms with Crippen LogP contribution in [0, 0.1) is 5.92 Å². The quantitative estimate of drug-likeness (QED) is 0.787. The summed E-state index contributed by atoms with van der Waals surface area (Å²) in [7, 11) is 1.70. The van der Waals surface area contributed by atoms with Crippen molar-refractivity contribution in [1.29, 1.82) is 0 Å². The van der Waals surface area contributed by atoms with E-state index in [4.69, 9.17) is 4.74 Å². The monoisotopic (exact) mass is 296 g/mol. The Balaban J connectivity index is 2.08. The number of rotatable bonds is 7. The highest BCUT2D eigenvalue weighted by atomic mass is 32.1. The van der Waals surface area contributed by atoms with Crippen LogP contribution < -0.4 is 5.32 Å². The predicted molar refractivity (Wildman–Crippen MR) is 81.6 cm³/mol. The van der Waals surface area contributed by atoms with Gasteiger partial charge in [-0.2, -0.15) is 0 Å². The fourth-order valence-electron chi connectivity index (χ4n) is 2.62. The van der Waals surface area contributed by atoms with Gasteiger partial charge in [-0.25, -0.2) is 0 Å². The van der Waals surface area contributed by atoms with E-state index in [-0.39, 0.29) is 18.1 Å². The number of hydrogen-bond acceptors (Lipinski definition) is 4. The molecule has 1 saturated heterocycles. The molecular weight excluding hydrogens is 272 g/mol. The number of carbonyl (C=O) groups is 1. The maximum Gasteiger partial charge on any atom is 0.241 e. The summed E-state index contributed by atoms with van der Waals surface area (Å²) in [6.45, 7) is 5.75. The van der Waals surface area contributed by atoms with Crippen LogP contribution in [-0.2, 0) is 9.53 Å². The number of nitrogens with one attached hydrogen (secondary N) is 1. The molecule has 112 valence electrons. The molecule has 1 aliphatic heterocycles. The highest BCUT2D eigenvalue weighted by Crippen LogP contribution is 2.30. The number of thiophene rings is 1. The molecule has 0 aromatic carbocycles. The van der Waals surface area contributed by atoms with Gasteiger partial charge in [-0.15, -0.1) is 11.3 Å². The molecule has 0 radical (unpaired) electrons. The number of methoxy groups -OCH3 is 1. The summed E-state index contributed by atoms with van der Waals surface area (Å²) in [5.74, 6) is 0.743. The van der Waals surface area contributed by atoms with Crippen LogP contribution in [0.3, 0.4) is 0 Å². The fraction of sp³-hybridized carbons (Fsp3) is 0.667. The van der Waals surface area contributed by atoms with Crippen LogP contribution >= 0.6 is 11.3 Å². The molecule has 2 rings (SSSR count). The molecule has 2 heterocycles. The smallest absolute Gasteiger partial charge is 0.241 e. The second-order valence-electron chi connectivity index (χ2n) is 5.64. The van der Waals surface area contributed by atoms with Crippen LogP contribution in [0.5, 0.6) is 0 Å². The molecule has 5 heteroatoms. The average molecular weight is 296 g/mol. The van der Waals surface area contributed by atoms with E-state index in [0.717, 1.165) is 19.4 Å². The van der Waals surface area contributed by atoms with Gasteiger partial charge in [-0.3, -0.25) is 10.1 Å². The largest absolute Gasteiger partial charge is 0.385 e. The Kier molecular flexibility index (Phi) is 5.57. The minimum absolute atomic E-state index is 0.0307. The lowest BCUT2D eigenvalue weighted by atomic mass is 10.0. The predicted octanol–water partition coefficient (Wildman–Crippen LogP) is 2.63. The van der Waals surface area contributed by atoms with Crippen LogP contribution in [0.4, 0.5) is 0 Å². The maximum atomic E-state index is 12.6. The van der Waals surface area contributed by atoms with Gasteiger partial charge in [0.1, 0.15) is 6.17 Å². The van der Waals surface area contributed by atoms with Crippen LogP contribution in [0.2, 0.25) is 0 Å². The first-order chi connectivity index (χ1) is 9.63. The fourth-order valence-corrected chi connectivity index (χ4v) is 3.42. The van der Waals surface area contributed by atoms with Gasteiger partial charge in [-0.1, -0.05) is 19.9 Å². The molecule has 0 aliphatic carbocycles. The van der Waals surface area contributed by atoms with E-state index in [1.54, 1.807) is 18.4 Å². The highest BCUT2D eigenvalue weighted by Gasteiger charge is 2.39. The molecule has 1 fully saturated rings. The lowest BCUT2D eigenvalue weighted by molar-refractivity contribution is -0.130. The topological polar surface area (TPSA) is 41.6 Å². The Hall–Kier alpha value is -0.910. The van der Waals surface area contributed by atoms with Crippen LogP contribution in [0.1, 0.15) is 37.7 Å². The summed E-state index contributed by atoms with van der Waals surface area (Å²) < 4.78 is 5.10. The minimum atomic E-state index is -0.0513. The van der Waals surface area contributed by atoms with Crippen molar-refractivity contribution >= 4 is 17.2 Å². The average Bonchev–Trinajstić information content (AvgIpc) is 3.01. The molecule has 1 N–H and O–H groups in total. The molecule has 1 aromatic rings. The third-order valence-electron chi connectivity index (χ3n) is 3.52. The van der Waals surface area contributed by atoms with Gasteiger partial charge in [-0.05, 0) is 30.2 Å². The molecule has 0 saturated carbocycles. The van der Waals surface area contributed by atoms with Crippen molar-refractivity contribution in [2.75, 3.05) is 20.3 Å². The minimum Gasteiger partial charge on any atom is -0.385 e. The summed E-state index contributed by atoms with van der Waals surface area (Å²) in [4.78, 5) is 15.7. The normalized spacial score (nSPS) is 23.0. The number of nitrogens with zero attached hydrogens (tertiary/aromatic N) is 1. The van der Waals surface area contributed by atoms with Crippen molar-refractivity contribution in [3.05, 3.63) is 22.4 Å². The second-order valence-corrected chi connectivity index (χ2v) is 6.62. The number of carbonyl (C=O) groups excluding carboxylic acids is 1. The molecule has 1 aromatic heterocycles. The lowest BCUT2D eigenvalue weighted by Gasteiger charge is -2.23. The Morgan fingerprint density at radius 2 is 2.30 bits per heavy atom. The van der Waals surface area contributed by atoms with Crippen molar-refractivity contribution in [2.45, 2.75) is 38.9 Å². The molecule has 1 aliphatic rings. The van der Waals surface area contributed by atoms with Crippen LogP contribution in [-0.4, -0.2) is 37.1 Å². The molecule has 0 spiro atoms. The first-order valence-electron chi connectivity index (χ1n) is 7.22. The van der Waals surface area contributed by atoms with E-state index in [1.807, 2.05) is 11.0 Å². The van der Waals surface area contributed by atoms with Gasteiger partial charge >= 0.3 is 0 Å². The third kappa shape index (κ3) is 3.59. The van der Waals surface area contributed by atoms with Gasteiger partial charge in [0.15, 0.2) is 0 Å². The van der Waals surface area contributed by atoms with Crippen molar-refractivity contribution < 1.29 is 9.53 Å². The zero-order valence-corrected chi connectivity index (χ0v) is 13.3. The molecule has 4 nitrogen and oxygen atoms in total. The van der Waals surface area contributed by atoms with E-state index in [1.165, 1.54) is 4.88 Å². The first-order valence-corrected chi connectivity index (χ1v) is 8.10. The summed E-state index contributed by atoms with van der Waals surface area (Å²) in [6, 6.07) is 4.08. The molecule has 1 amide bonds. The van der Waals surface area contributed by atoms with Crippen molar-refractivity contribution in [1.82, 2.24) is 10.2 Å². The molecule has 20 heavy (non-hydrogen) atoms. The first kappa shape index (κ1) is 15.5. The van der Waals surface area contributed by atoms with Crippen molar-refractivity contribution in [3.8, 4) is 0 Å². The van der Waals surface area contributed by atoms with Gasteiger partial charge < -0.3 is 9.64 Å². The van der Waals surface area contributed by atoms with Crippen LogP contribution in [0.15, 0.2) is 17.5 Å². The van der Waals surface area contributed by atoms with E-state index in [2.05, 4.69) is 30.6 Å². The Morgan fingerprint density at radius 3 is 2.90 bits per heavy atom. The van der Waals surface area contributed by atoms with E-state index >= 15 is 0 Å². The van der Waals surface area contributed by atoms with Crippen LogP contribution in [0.25, 0.3) is 0 Å². The number of amides is 1. The molecule has 0 bridgehead atoms. The number of hydrogen-bond donors (Lipinski definition) is 1. The Morgan fingerprint density at radius 1 is 1.50 bits per heavy atom. The highest BCUT2D eigenvalue weighted by molar-refractivity contribution is 7.10. The summed E-state index contributed by atoms with van der Waals surface area (Å²) >= 11 is 1.70. The lowest BCUT2D eigenvalue weighted by Crippen LogP contribution is -2.32. The van der Waals surface area contributed by atoms with Gasteiger partial charge in [0.2, 0.25) is 5.91 Å². The zero-order valence-electron chi connectivity index (χ0n) is 12.5. The Bertz CT molecular complexity index is 420. The summed E-state index contributed by atoms with van der Waals surface area (Å²) in [5.41, 5.74) is 0. The number of ether oxygens (including phenoxy) is 1. The maximum absolute atomic E-state index is 12.6. The molecule has 2 unspecified atom stereocenters. The van der Waals surface area contributed by atoms with Crippen molar-refractivity contribution in [3.63, 3.8) is 0 Å². The SMILES string of the molecule is COCCCN1C(=O)C(CC(C)C)NC1c1cccs1. The zero-order chi connectivity index (χ0) is 14.5. The Labute approximate surface area is 125 Å².